The first-order valence-corrected chi connectivity index (χ1v) is 19.2. The fraction of sp³-hybridized carbons (Fsp3) is 0. The van der Waals surface area contributed by atoms with Crippen LogP contribution in [-0.2, 0) is 0 Å². The highest BCUT2D eigenvalue weighted by atomic mass is 32.1. The maximum Gasteiger partial charge on any atom is 0.0561 e. The highest BCUT2D eigenvalue weighted by molar-refractivity contribution is 7.26. The van der Waals surface area contributed by atoms with Crippen molar-refractivity contribution in [3.63, 3.8) is 0 Å². The van der Waals surface area contributed by atoms with E-state index >= 15 is 0 Å². The first kappa shape index (κ1) is 29.5. The zero-order valence-electron chi connectivity index (χ0n) is 28.0. The van der Waals surface area contributed by atoms with E-state index in [0.29, 0.717) is 0 Å². The lowest BCUT2D eigenvalue weighted by Gasteiger charge is -2.26. The molecule has 0 N–H and O–H groups in total. The standard InChI is InChI=1S/C48H30N2S2/c1-2-10-33(11-3-1)50-43-15-7-4-12-37(43)38-26-23-35(29-44(38)50)49(36-24-27-42-40-14-6-9-17-46(40)52-48(42)30-36)34-21-18-31(19-22-34)32-20-25-41-39-13-5-8-16-45(39)51-47(41)28-32/h1-30H. The summed E-state index contributed by atoms with van der Waals surface area (Å²) < 4.78 is 7.66. The Bertz CT molecular complexity index is 3130. The van der Waals surface area contributed by atoms with Gasteiger partial charge in [-0.15, -0.1) is 22.7 Å². The second-order valence-corrected chi connectivity index (χ2v) is 15.5. The van der Waals surface area contributed by atoms with Gasteiger partial charge in [0.25, 0.3) is 0 Å². The minimum atomic E-state index is 1.12. The van der Waals surface area contributed by atoms with Gasteiger partial charge >= 0.3 is 0 Å². The second-order valence-electron chi connectivity index (χ2n) is 13.4. The van der Waals surface area contributed by atoms with Gasteiger partial charge in [0.1, 0.15) is 0 Å². The molecule has 0 radical (unpaired) electrons. The molecule has 0 saturated carbocycles. The maximum atomic E-state index is 2.41. The van der Waals surface area contributed by atoms with Crippen LogP contribution in [0.2, 0.25) is 0 Å². The molecule has 0 saturated heterocycles. The summed E-state index contributed by atoms with van der Waals surface area (Å²) in [4.78, 5) is 2.41. The smallest absolute Gasteiger partial charge is 0.0561 e. The van der Waals surface area contributed by atoms with Gasteiger partial charge in [-0.05, 0) is 83.9 Å². The molecule has 4 heteroatoms. The van der Waals surface area contributed by atoms with Crippen LogP contribution in [0.4, 0.5) is 17.1 Å². The summed E-state index contributed by atoms with van der Waals surface area (Å²) >= 11 is 3.73. The van der Waals surface area contributed by atoms with Crippen molar-refractivity contribution >= 4 is 102 Å². The fourth-order valence-corrected chi connectivity index (χ4v) is 10.2. The van der Waals surface area contributed by atoms with E-state index in [0.717, 1.165) is 22.7 Å². The van der Waals surface area contributed by atoms with Crippen LogP contribution in [-0.4, -0.2) is 4.57 Å². The summed E-state index contributed by atoms with van der Waals surface area (Å²) in [6, 6.07) is 66.7. The van der Waals surface area contributed by atoms with Gasteiger partial charge < -0.3 is 9.47 Å². The van der Waals surface area contributed by atoms with Crippen molar-refractivity contribution in [2.24, 2.45) is 0 Å². The number of nitrogens with zero attached hydrogens (tertiary/aromatic N) is 2. The lowest BCUT2D eigenvalue weighted by atomic mass is 10.0. The predicted molar refractivity (Wildman–Crippen MR) is 227 cm³/mol. The number of hydrogen-bond donors (Lipinski definition) is 0. The summed E-state index contributed by atoms with van der Waals surface area (Å²) in [7, 11) is 0. The van der Waals surface area contributed by atoms with Crippen molar-refractivity contribution in [3.8, 4) is 16.8 Å². The van der Waals surface area contributed by atoms with Crippen LogP contribution in [0, 0.1) is 0 Å². The lowest BCUT2D eigenvalue weighted by molar-refractivity contribution is 1.18. The van der Waals surface area contributed by atoms with Gasteiger partial charge in [0, 0.05) is 73.9 Å². The largest absolute Gasteiger partial charge is 0.310 e. The van der Waals surface area contributed by atoms with Gasteiger partial charge in [-0.25, -0.2) is 0 Å². The summed E-state index contributed by atoms with van der Waals surface area (Å²) in [5.74, 6) is 0. The number of rotatable bonds is 5. The van der Waals surface area contributed by atoms with Crippen molar-refractivity contribution in [2.75, 3.05) is 4.90 Å². The average Bonchev–Trinajstić information content (AvgIpc) is 3.87. The fourth-order valence-electron chi connectivity index (χ4n) is 7.96. The lowest BCUT2D eigenvalue weighted by Crippen LogP contribution is -2.10. The number of hydrogen-bond acceptors (Lipinski definition) is 3. The third-order valence-electron chi connectivity index (χ3n) is 10.4. The molecule has 244 valence electrons. The van der Waals surface area contributed by atoms with E-state index in [1.54, 1.807) is 0 Å². The van der Waals surface area contributed by atoms with E-state index in [1.165, 1.54) is 73.3 Å². The molecule has 0 spiro atoms. The number of thiophene rings is 2. The molecule has 0 aliphatic rings. The Kier molecular flexibility index (Phi) is 6.63. The van der Waals surface area contributed by atoms with Crippen LogP contribution < -0.4 is 4.90 Å². The van der Waals surface area contributed by atoms with Gasteiger partial charge in [0.2, 0.25) is 0 Å². The van der Waals surface area contributed by atoms with E-state index in [9.17, 15) is 0 Å². The predicted octanol–water partition coefficient (Wildman–Crippen LogP) is 14.7. The van der Waals surface area contributed by atoms with Crippen molar-refractivity contribution < 1.29 is 0 Å². The molecule has 52 heavy (non-hydrogen) atoms. The molecule has 8 aromatic carbocycles. The monoisotopic (exact) mass is 698 g/mol. The Morgan fingerprint density at radius 3 is 1.56 bits per heavy atom. The molecule has 0 aliphatic heterocycles. The van der Waals surface area contributed by atoms with E-state index in [2.05, 4.69) is 191 Å². The number of anilines is 3. The first-order chi connectivity index (χ1) is 25.8. The third kappa shape index (κ3) is 4.62. The van der Waals surface area contributed by atoms with Crippen LogP contribution in [0.25, 0.3) is 79.0 Å². The number of benzene rings is 8. The highest BCUT2D eigenvalue weighted by Gasteiger charge is 2.19. The molecule has 0 aliphatic carbocycles. The Hall–Kier alpha value is -6.20. The van der Waals surface area contributed by atoms with Crippen LogP contribution in [0.1, 0.15) is 0 Å². The topological polar surface area (TPSA) is 8.17 Å². The maximum absolute atomic E-state index is 2.41. The Morgan fingerprint density at radius 2 is 0.827 bits per heavy atom. The molecule has 11 aromatic rings. The Labute approximate surface area is 308 Å². The molecule has 3 heterocycles. The summed E-state index contributed by atoms with van der Waals surface area (Å²) in [6.07, 6.45) is 0. The SMILES string of the molecule is c1ccc(-n2c3ccccc3c3ccc(N(c4ccc(-c5ccc6c(c5)sc5ccccc56)cc4)c4ccc5c(c4)sc4ccccc45)cc32)cc1. The van der Waals surface area contributed by atoms with E-state index < -0.39 is 0 Å². The molecule has 2 nitrogen and oxygen atoms in total. The normalized spacial score (nSPS) is 11.8. The molecule has 0 unspecified atom stereocenters. The van der Waals surface area contributed by atoms with Crippen LogP contribution in [0.15, 0.2) is 182 Å². The molecular weight excluding hydrogens is 669 g/mol. The third-order valence-corrected chi connectivity index (χ3v) is 12.7. The van der Waals surface area contributed by atoms with Crippen molar-refractivity contribution in [3.05, 3.63) is 182 Å². The molecule has 0 fully saturated rings. The van der Waals surface area contributed by atoms with Gasteiger partial charge in [-0.1, -0.05) is 109 Å². The summed E-state index contributed by atoms with van der Waals surface area (Å²) in [6.45, 7) is 0. The minimum absolute atomic E-state index is 1.12. The van der Waals surface area contributed by atoms with Gasteiger partial charge in [-0.3, -0.25) is 0 Å². The second kappa shape index (κ2) is 11.7. The van der Waals surface area contributed by atoms with Crippen LogP contribution in [0.5, 0.6) is 0 Å². The molecule has 0 amide bonds. The zero-order valence-corrected chi connectivity index (χ0v) is 29.7. The number of aromatic nitrogens is 1. The minimum Gasteiger partial charge on any atom is -0.310 e. The number of para-hydroxylation sites is 2. The molecule has 0 bridgehead atoms. The van der Waals surface area contributed by atoms with Crippen molar-refractivity contribution in [2.45, 2.75) is 0 Å². The van der Waals surface area contributed by atoms with Gasteiger partial charge in [0.05, 0.1) is 11.0 Å². The van der Waals surface area contributed by atoms with Crippen LogP contribution in [0.3, 0.4) is 0 Å². The Balaban J connectivity index is 1.09. The average molecular weight is 699 g/mol. The van der Waals surface area contributed by atoms with E-state index in [1.807, 2.05) is 22.7 Å². The van der Waals surface area contributed by atoms with Gasteiger partial charge in [-0.2, -0.15) is 0 Å². The zero-order chi connectivity index (χ0) is 34.2. The van der Waals surface area contributed by atoms with Crippen molar-refractivity contribution in [1.29, 1.82) is 0 Å². The van der Waals surface area contributed by atoms with E-state index in [4.69, 9.17) is 0 Å². The molecular formula is C48H30N2S2. The highest BCUT2D eigenvalue weighted by Crippen LogP contribution is 2.43. The first-order valence-electron chi connectivity index (χ1n) is 17.6. The van der Waals surface area contributed by atoms with Gasteiger partial charge in [0.15, 0.2) is 0 Å². The molecule has 0 atom stereocenters. The van der Waals surface area contributed by atoms with Crippen molar-refractivity contribution in [1.82, 2.24) is 4.57 Å². The summed E-state index contributed by atoms with van der Waals surface area (Å²) in [5.41, 5.74) is 9.37. The molecule has 3 aromatic heterocycles. The molecule has 11 rings (SSSR count). The quantitative estimate of drug-likeness (QED) is 0.174. The number of fused-ring (bicyclic) bond motifs is 9. The summed E-state index contributed by atoms with van der Waals surface area (Å²) in [5, 5.41) is 7.78. The van der Waals surface area contributed by atoms with E-state index in [-0.39, 0.29) is 0 Å². The van der Waals surface area contributed by atoms with Crippen LogP contribution >= 0.6 is 22.7 Å². The Morgan fingerprint density at radius 1 is 0.327 bits per heavy atom.